The van der Waals surface area contributed by atoms with Crippen molar-refractivity contribution < 1.29 is 4.43 Å². The van der Waals surface area contributed by atoms with Crippen molar-refractivity contribution >= 4 is 41.9 Å². The van der Waals surface area contributed by atoms with E-state index in [-0.39, 0.29) is 5.04 Å². The molecular formula is C17H24IN3OSi. The van der Waals surface area contributed by atoms with E-state index in [9.17, 15) is 0 Å². The zero-order valence-corrected chi connectivity index (χ0v) is 17.6. The van der Waals surface area contributed by atoms with Crippen molar-refractivity contribution in [2.24, 2.45) is 5.92 Å². The van der Waals surface area contributed by atoms with E-state index >= 15 is 0 Å². The van der Waals surface area contributed by atoms with Gasteiger partial charge in [0, 0.05) is 29.2 Å². The van der Waals surface area contributed by atoms with E-state index in [4.69, 9.17) is 4.43 Å². The quantitative estimate of drug-likeness (QED) is 0.525. The molecule has 3 rings (SSSR count). The Morgan fingerprint density at radius 2 is 1.74 bits per heavy atom. The fourth-order valence-electron chi connectivity index (χ4n) is 2.78. The molecule has 0 N–H and O–H groups in total. The van der Waals surface area contributed by atoms with Crippen LogP contribution in [-0.2, 0) is 17.3 Å². The van der Waals surface area contributed by atoms with Crippen molar-refractivity contribution in [1.82, 2.24) is 15.2 Å². The Labute approximate surface area is 152 Å². The van der Waals surface area contributed by atoms with Crippen LogP contribution in [0, 0.1) is 9.75 Å². The Bertz CT molecular complexity index is 742. The van der Waals surface area contributed by atoms with Gasteiger partial charge >= 0.3 is 0 Å². The molecule has 23 heavy (non-hydrogen) atoms. The van der Waals surface area contributed by atoms with Crippen LogP contribution in [0.15, 0.2) is 12.1 Å². The van der Waals surface area contributed by atoms with Crippen LogP contribution in [0.3, 0.4) is 0 Å². The van der Waals surface area contributed by atoms with Gasteiger partial charge < -0.3 is 4.43 Å². The molecule has 0 amide bonds. The van der Waals surface area contributed by atoms with Crippen LogP contribution in [-0.4, -0.2) is 30.1 Å². The van der Waals surface area contributed by atoms with Crippen LogP contribution < -0.4 is 0 Å². The Balaban J connectivity index is 1.73. The Kier molecular flexibility index (Phi) is 4.52. The molecule has 0 saturated heterocycles. The maximum Gasteiger partial charge on any atom is 0.212 e. The van der Waals surface area contributed by atoms with Crippen LogP contribution in [0.2, 0.25) is 18.1 Å². The molecule has 6 heteroatoms. The Morgan fingerprint density at radius 3 is 2.35 bits per heavy atom. The average Bonchev–Trinajstić information content (AvgIpc) is 2.83. The normalized spacial score (nSPS) is 18.4. The van der Waals surface area contributed by atoms with Crippen LogP contribution in [0.5, 0.6) is 0 Å². The average molecular weight is 441 g/mol. The van der Waals surface area contributed by atoms with Crippen LogP contribution >= 0.6 is 22.6 Å². The molecule has 0 aliphatic heterocycles. The molecule has 0 radical (unpaired) electrons. The van der Waals surface area contributed by atoms with E-state index < -0.39 is 8.32 Å². The molecule has 0 saturated carbocycles. The number of aromatic nitrogens is 3. The maximum atomic E-state index is 6.42. The van der Waals surface area contributed by atoms with E-state index in [0.717, 1.165) is 30.5 Å². The zero-order valence-electron chi connectivity index (χ0n) is 14.5. The second-order valence-electron chi connectivity index (χ2n) is 8.04. The first kappa shape index (κ1) is 17.2. The molecule has 1 atom stereocenters. The zero-order chi connectivity index (χ0) is 16.8. The highest BCUT2D eigenvalue weighted by atomic mass is 127. The lowest BCUT2D eigenvalue weighted by Gasteiger charge is -2.37. The molecule has 1 heterocycles. The molecule has 1 unspecified atom stereocenters. The number of halogens is 1. The van der Waals surface area contributed by atoms with E-state index in [1.165, 1.54) is 11.1 Å². The molecule has 4 nitrogen and oxygen atoms in total. The molecule has 1 aliphatic rings. The third-order valence-electron chi connectivity index (χ3n) is 5.25. The molecular weight excluding hydrogens is 417 g/mol. The van der Waals surface area contributed by atoms with Gasteiger partial charge in [0.05, 0.1) is 5.52 Å². The summed E-state index contributed by atoms with van der Waals surface area (Å²) in [5.74, 6) is 0.572. The summed E-state index contributed by atoms with van der Waals surface area (Å²) in [5.41, 5.74) is 4.64. The van der Waals surface area contributed by atoms with Crippen molar-refractivity contribution in [3.63, 3.8) is 0 Å². The SMILES string of the molecule is CC(C)(C)[Si](C)(C)OCC1Cc2cc3nnc(I)nc3cc2C1. The molecule has 0 bridgehead atoms. The lowest BCUT2D eigenvalue weighted by Crippen LogP contribution is -2.42. The standard InChI is InChI=1S/C17H24IN3OSi/c1-17(2,3)23(4,5)22-10-11-6-12-8-14-15(9-13(12)7-11)20-21-16(18)19-14/h8-9,11H,6-7,10H2,1-5H3. The van der Waals surface area contributed by atoms with Crippen LogP contribution in [0.1, 0.15) is 31.9 Å². The van der Waals surface area contributed by atoms with Crippen molar-refractivity contribution in [1.29, 1.82) is 0 Å². The number of fused-ring (bicyclic) bond motifs is 2. The molecule has 0 spiro atoms. The van der Waals surface area contributed by atoms with Gasteiger partial charge in [-0.15, -0.1) is 10.2 Å². The fraction of sp³-hybridized carbons (Fsp3) is 0.588. The summed E-state index contributed by atoms with van der Waals surface area (Å²) in [4.78, 5) is 4.48. The summed E-state index contributed by atoms with van der Waals surface area (Å²) in [6.45, 7) is 12.4. The largest absolute Gasteiger partial charge is 0.417 e. The first-order valence-electron chi connectivity index (χ1n) is 8.11. The van der Waals surface area contributed by atoms with Gasteiger partial charge in [0.15, 0.2) is 8.32 Å². The number of benzene rings is 1. The second kappa shape index (κ2) is 6.04. The summed E-state index contributed by atoms with van der Waals surface area (Å²) in [6, 6.07) is 4.35. The van der Waals surface area contributed by atoms with Gasteiger partial charge in [0.2, 0.25) is 3.83 Å². The second-order valence-corrected chi connectivity index (χ2v) is 13.8. The smallest absolute Gasteiger partial charge is 0.212 e. The minimum atomic E-state index is -1.67. The van der Waals surface area contributed by atoms with Gasteiger partial charge in [-0.05, 0) is 60.2 Å². The van der Waals surface area contributed by atoms with Crippen molar-refractivity contribution in [3.8, 4) is 0 Å². The highest BCUT2D eigenvalue weighted by Gasteiger charge is 2.38. The fourth-order valence-corrected chi connectivity index (χ4v) is 4.24. The van der Waals surface area contributed by atoms with Crippen LogP contribution in [0.25, 0.3) is 11.0 Å². The van der Waals surface area contributed by atoms with Gasteiger partial charge in [0.1, 0.15) is 5.52 Å². The summed E-state index contributed by atoms with van der Waals surface area (Å²) < 4.78 is 7.12. The Hall–Kier alpha value is -0.603. The van der Waals surface area contributed by atoms with E-state index in [0.29, 0.717) is 9.75 Å². The summed E-state index contributed by atoms with van der Waals surface area (Å²) in [5, 5.41) is 8.58. The first-order valence-corrected chi connectivity index (χ1v) is 12.1. The van der Waals surface area contributed by atoms with Gasteiger partial charge in [-0.25, -0.2) is 4.98 Å². The van der Waals surface area contributed by atoms with Gasteiger partial charge in [-0.2, -0.15) is 0 Å². The highest BCUT2D eigenvalue weighted by Crippen LogP contribution is 2.38. The van der Waals surface area contributed by atoms with Gasteiger partial charge in [0.25, 0.3) is 0 Å². The lowest BCUT2D eigenvalue weighted by molar-refractivity contribution is 0.232. The minimum Gasteiger partial charge on any atom is -0.417 e. The summed E-state index contributed by atoms with van der Waals surface area (Å²) in [6.07, 6.45) is 2.16. The monoisotopic (exact) mass is 441 g/mol. The molecule has 1 aromatic heterocycles. The molecule has 0 fully saturated rings. The predicted molar refractivity (Wildman–Crippen MR) is 104 cm³/mol. The predicted octanol–water partition coefficient (Wildman–Crippen LogP) is 4.37. The third kappa shape index (κ3) is 3.58. The summed E-state index contributed by atoms with van der Waals surface area (Å²) >= 11 is 2.11. The van der Waals surface area contributed by atoms with Crippen LogP contribution in [0.4, 0.5) is 0 Å². The number of rotatable bonds is 3. The van der Waals surface area contributed by atoms with E-state index in [2.05, 4.69) is 83.8 Å². The minimum absolute atomic E-state index is 0.267. The number of nitrogens with zero attached hydrogens (tertiary/aromatic N) is 3. The van der Waals surface area contributed by atoms with E-state index in [1.54, 1.807) is 0 Å². The van der Waals surface area contributed by atoms with Crippen molar-refractivity contribution in [3.05, 3.63) is 27.1 Å². The maximum absolute atomic E-state index is 6.42. The van der Waals surface area contributed by atoms with E-state index in [1.807, 2.05) is 0 Å². The molecule has 2 aromatic rings. The highest BCUT2D eigenvalue weighted by molar-refractivity contribution is 14.1. The summed E-state index contributed by atoms with van der Waals surface area (Å²) in [7, 11) is -1.67. The molecule has 124 valence electrons. The van der Waals surface area contributed by atoms with Crippen molar-refractivity contribution in [2.75, 3.05) is 6.61 Å². The molecule has 1 aromatic carbocycles. The number of hydrogen-bond donors (Lipinski definition) is 0. The topological polar surface area (TPSA) is 47.9 Å². The van der Waals surface area contributed by atoms with Gasteiger partial charge in [-0.3, -0.25) is 0 Å². The first-order chi connectivity index (χ1) is 10.7. The number of hydrogen-bond acceptors (Lipinski definition) is 4. The third-order valence-corrected chi connectivity index (χ3v) is 10.2. The molecule has 1 aliphatic carbocycles. The Morgan fingerprint density at radius 1 is 1.13 bits per heavy atom. The van der Waals surface area contributed by atoms with Gasteiger partial charge in [-0.1, -0.05) is 20.8 Å². The van der Waals surface area contributed by atoms with Crippen molar-refractivity contribution in [2.45, 2.75) is 51.7 Å². The lowest BCUT2D eigenvalue weighted by atomic mass is 10.1.